The first kappa shape index (κ1) is 39.4. The van der Waals surface area contributed by atoms with Crippen molar-refractivity contribution in [2.75, 3.05) is 0 Å². The number of unbranched alkanes of at least 4 members (excludes halogenated alkanes) is 12. The summed E-state index contributed by atoms with van der Waals surface area (Å²) >= 11 is 0. The number of hydrogen-bond acceptors (Lipinski definition) is 3. The topological polar surface area (TPSA) is 46.5 Å². The predicted octanol–water partition coefficient (Wildman–Crippen LogP) is 13.0. The molecule has 5 rings (SSSR count). The SMILES string of the molecule is CCCCCCCCCCCCCCCC(=O)O[C@H]1CC[C@@]2(C)C([C@H](O)C[C@]3(C)[C@@H]2CC[C@@H]2[C@H]4[C@H](C)C(C)=CC[C@]4(C)CC[C@]23C)C1(C)C. The summed E-state index contributed by atoms with van der Waals surface area (Å²) in [4.78, 5) is 13.2. The Morgan fingerprint density at radius 3 is 2.00 bits per heavy atom. The van der Waals surface area contributed by atoms with Crippen molar-refractivity contribution in [2.45, 2.75) is 216 Å². The maximum absolute atomic E-state index is 13.2. The van der Waals surface area contributed by atoms with Crippen LogP contribution in [0.2, 0.25) is 0 Å². The summed E-state index contributed by atoms with van der Waals surface area (Å²) in [7, 11) is 0. The lowest BCUT2D eigenvalue weighted by atomic mass is 9.31. The van der Waals surface area contributed by atoms with Crippen LogP contribution in [0.4, 0.5) is 0 Å². The molecule has 49 heavy (non-hydrogen) atoms. The van der Waals surface area contributed by atoms with Gasteiger partial charge in [-0.2, -0.15) is 0 Å². The van der Waals surface area contributed by atoms with Gasteiger partial charge in [0.25, 0.3) is 0 Å². The smallest absolute Gasteiger partial charge is 0.306 e. The Kier molecular flexibility index (Phi) is 12.6. The molecule has 3 heteroatoms. The van der Waals surface area contributed by atoms with Crippen molar-refractivity contribution in [3.8, 4) is 0 Å². The second kappa shape index (κ2) is 15.6. The normalized spacial score (nSPS) is 42.7. The third-order valence-corrected chi connectivity index (χ3v) is 17.1. The molecule has 4 saturated carbocycles. The maximum atomic E-state index is 13.2. The van der Waals surface area contributed by atoms with Gasteiger partial charge in [0.1, 0.15) is 6.10 Å². The zero-order valence-electron chi connectivity index (χ0n) is 33.9. The Morgan fingerprint density at radius 1 is 0.796 bits per heavy atom. The maximum Gasteiger partial charge on any atom is 0.306 e. The molecule has 0 spiro atoms. The van der Waals surface area contributed by atoms with Gasteiger partial charge in [-0.05, 0) is 116 Å². The number of carbonyl (C=O) groups excluding carboxylic acids is 1. The molecule has 0 saturated heterocycles. The summed E-state index contributed by atoms with van der Waals surface area (Å²) in [6.07, 6.45) is 29.1. The molecule has 5 aliphatic rings. The number of ether oxygens (including phenoxy) is 1. The molecule has 1 unspecified atom stereocenters. The molecule has 0 aromatic heterocycles. The van der Waals surface area contributed by atoms with Crippen molar-refractivity contribution in [3.63, 3.8) is 0 Å². The van der Waals surface area contributed by atoms with Crippen LogP contribution < -0.4 is 0 Å². The zero-order valence-corrected chi connectivity index (χ0v) is 33.9. The minimum Gasteiger partial charge on any atom is -0.462 e. The minimum atomic E-state index is -0.349. The molecule has 0 aromatic rings. The number of carbonyl (C=O) groups is 1. The van der Waals surface area contributed by atoms with E-state index in [1.165, 1.54) is 103 Å². The van der Waals surface area contributed by atoms with Crippen LogP contribution in [0.1, 0.15) is 204 Å². The van der Waals surface area contributed by atoms with E-state index >= 15 is 0 Å². The Bertz CT molecular complexity index is 1140. The Hall–Kier alpha value is -0.830. The van der Waals surface area contributed by atoms with Crippen molar-refractivity contribution in [1.82, 2.24) is 0 Å². The lowest BCUT2D eigenvalue weighted by Crippen LogP contribution is -2.70. The van der Waals surface area contributed by atoms with Crippen molar-refractivity contribution >= 4 is 5.97 Å². The van der Waals surface area contributed by atoms with Gasteiger partial charge in [0, 0.05) is 11.8 Å². The van der Waals surface area contributed by atoms with Gasteiger partial charge in [0.15, 0.2) is 0 Å². The van der Waals surface area contributed by atoms with E-state index in [2.05, 4.69) is 68.4 Å². The molecular formula is C46H80O3. The number of aliphatic hydroxyl groups excluding tert-OH is 1. The highest BCUT2D eigenvalue weighted by Crippen LogP contribution is 2.76. The monoisotopic (exact) mass is 681 g/mol. The van der Waals surface area contributed by atoms with E-state index in [4.69, 9.17) is 4.74 Å². The lowest BCUT2D eigenvalue weighted by Gasteiger charge is -2.74. The molecule has 0 radical (unpaired) electrons. The van der Waals surface area contributed by atoms with E-state index in [1.54, 1.807) is 5.57 Å². The Morgan fingerprint density at radius 2 is 1.39 bits per heavy atom. The quantitative estimate of drug-likeness (QED) is 0.106. The van der Waals surface area contributed by atoms with Crippen LogP contribution in [0.5, 0.6) is 0 Å². The standard InChI is InChI=1S/C46H80O3/c1-10-11-12-13-14-15-16-17-18-19-20-21-22-23-39(48)49-38-27-29-44(7)37-25-24-35-40-34(3)33(2)26-28-43(40,6)30-31-45(35,8)46(37,9)32-36(47)41(44)42(38,4)5/h26,34-38,40-41,47H,10-25,27-32H2,1-9H3/t34-,35-,36-,37-,38+,40-,41?,43-,44-,45-,46-/m1/s1. The Labute approximate surface area is 304 Å². The second-order valence-electron chi connectivity index (χ2n) is 20.3. The molecule has 5 aliphatic carbocycles. The Balaban J connectivity index is 1.14. The van der Waals surface area contributed by atoms with Gasteiger partial charge in [-0.1, -0.05) is 144 Å². The number of hydrogen-bond donors (Lipinski definition) is 1. The first-order chi connectivity index (χ1) is 23.2. The van der Waals surface area contributed by atoms with Crippen LogP contribution in [0.15, 0.2) is 11.6 Å². The fourth-order valence-corrected chi connectivity index (χ4v) is 14.1. The highest BCUT2D eigenvalue weighted by atomic mass is 16.5. The fourth-order valence-electron chi connectivity index (χ4n) is 14.1. The van der Waals surface area contributed by atoms with E-state index in [-0.39, 0.29) is 45.8 Å². The summed E-state index contributed by atoms with van der Waals surface area (Å²) in [5, 5.41) is 12.3. The van der Waals surface area contributed by atoms with Gasteiger partial charge in [-0.15, -0.1) is 0 Å². The molecule has 0 heterocycles. The van der Waals surface area contributed by atoms with Crippen LogP contribution >= 0.6 is 0 Å². The molecule has 11 atom stereocenters. The van der Waals surface area contributed by atoms with Gasteiger partial charge in [0.2, 0.25) is 0 Å². The third kappa shape index (κ3) is 7.38. The molecule has 0 amide bonds. The summed E-state index contributed by atoms with van der Waals surface area (Å²) in [5.74, 6) is 2.89. The summed E-state index contributed by atoms with van der Waals surface area (Å²) in [5.41, 5.74) is 2.24. The average molecular weight is 681 g/mol. The van der Waals surface area contributed by atoms with Crippen molar-refractivity contribution in [3.05, 3.63) is 11.6 Å². The number of esters is 1. The number of aliphatic hydroxyl groups is 1. The van der Waals surface area contributed by atoms with Crippen molar-refractivity contribution in [2.24, 2.45) is 56.7 Å². The lowest BCUT2D eigenvalue weighted by molar-refractivity contribution is -0.278. The van der Waals surface area contributed by atoms with E-state index in [0.29, 0.717) is 23.7 Å². The van der Waals surface area contributed by atoms with E-state index in [9.17, 15) is 9.90 Å². The van der Waals surface area contributed by atoms with E-state index < -0.39 is 0 Å². The fraction of sp³-hybridized carbons (Fsp3) is 0.935. The van der Waals surface area contributed by atoms with Crippen LogP contribution in [0.3, 0.4) is 0 Å². The van der Waals surface area contributed by atoms with Gasteiger partial charge in [-0.3, -0.25) is 4.79 Å². The predicted molar refractivity (Wildman–Crippen MR) is 206 cm³/mol. The summed E-state index contributed by atoms with van der Waals surface area (Å²) in [6.45, 7) is 22.2. The van der Waals surface area contributed by atoms with Crippen molar-refractivity contribution < 1.29 is 14.6 Å². The highest BCUT2D eigenvalue weighted by Gasteiger charge is 2.71. The van der Waals surface area contributed by atoms with Crippen LogP contribution in [0.25, 0.3) is 0 Å². The first-order valence-electron chi connectivity index (χ1n) is 21.7. The van der Waals surface area contributed by atoms with Crippen LogP contribution in [-0.2, 0) is 9.53 Å². The number of rotatable bonds is 15. The molecule has 0 aliphatic heterocycles. The van der Waals surface area contributed by atoms with Gasteiger partial charge in [0.05, 0.1) is 6.10 Å². The summed E-state index contributed by atoms with van der Waals surface area (Å²) < 4.78 is 6.36. The molecule has 3 nitrogen and oxygen atoms in total. The number of allylic oxidation sites excluding steroid dienone is 2. The second-order valence-corrected chi connectivity index (χ2v) is 20.3. The minimum absolute atomic E-state index is 0.0101. The molecular weight excluding hydrogens is 601 g/mol. The van der Waals surface area contributed by atoms with Gasteiger partial charge in [-0.25, -0.2) is 0 Å². The summed E-state index contributed by atoms with van der Waals surface area (Å²) in [6, 6.07) is 0. The number of fused-ring (bicyclic) bond motifs is 7. The molecule has 282 valence electrons. The average Bonchev–Trinajstić information content (AvgIpc) is 3.03. The van der Waals surface area contributed by atoms with Crippen molar-refractivity contribution in [1.29, 1.82) is 0 Å². The molecule has 1 N–H and O–H groups in total. The zero-order chi connectivity index (χ0) is 35.7. The largest absolute Gasteiger partial charge is 0.462 e. The van der Waals surface area contributed by atoms with E-state index in [1.807, 2.05) is 0 Å². The molecule has 0 aromatic carbocycles. The molecule has 0 bridgehead atoms. The third-order valence-electron chi connectivity index (χ3n) is 17.1. The van der Waals surface area contributed by atoms with Gasteiger partial charge < -0.3 is 9.84 Å². The molecule has 4 fully saturated rings. The first-order valence-corrected chi connectivity index (χ1v) is 21.7. The van der Waals surface area contributed by atoms with Gasteiger partial charge >= 0.3 is 5.97 Å². The van der Waals surface area contributed by atoms with E-state index in [0.717, 1.165) is 43.9 Å². The highest BCUT2D eigenvalue weighted by molar-refractivity contribution is 5.69. The van der Waals surface area contributed by atoms with Crippen LogP contribution in [0, 0.1) is 56.7 Å². The van der Waals surface area contributed by atoms with Crippen LogP contribution in [-0.4, -0.2) is 23.3 Å².